The van der Waals surface area contributed by atoms with Crippen molar-refractivity contribution in [2.45, 2.75) is 38.1 Å². The molecule has 1 aliphatic rings. The molecule has 1 saturated carbocycles. The molecule has 0 bridgehead atoms. The van der Waals surface area contributed by atoms with Crippen LogP contribution >= 0.6 is 0 Å². The molecule has 1 atom stereocenters. The summed E-state index contributed by atoms with van der Waals surface area (Å²) in [7, 11) is 1.81. The Labute approximate surface area is 152 Å². The number of aliphatic hydroxyl groups excluding tert-OH is 1. The molecule has 0 radical (unpaired) electrons. The van der Waals surface area contributed by atoms with E-state index in [4.69, 9.17) is 5.73 Å². The standard InChI is InChI=1S/C17H25N7O2/c1-24-9-12(7-20-24)21-17-19-8-13(15(18)26)16(23-17)22-14(10-25)11-5-3-2-4-6-11/h7-9,11,14,25H,2-6,10H2,1H3,(H2,18,26)(H2,19,21,22,23)/t14-/m1/s1. The molecule has 9 nitrogen and oxygen atoms in total. The topological polar surface area (TPSA) is 131 Å². The van der Waals surface area contributed by atoms with Gasteiger partial charge in [0, 0.05) is 19.4 Å². The molecule has 0 spiro atoms. The van der Waals surface area contributed by atoms with Crippen molar-refractivity contribution >= 4 is 23.4 Å². The molecular weight excluding hydrogens is 334 g/mol. The smallest absolute Gasteiger partial charge is 0.254 e. The number of rotatable bonds is 7. The minimum atomic E-state index is -0.610. The van der Waals surface area contributed by atoms with Crippen molar-refractivity contribution in [1.29, 1.82) is 0 Å². The van der Waals surface area contributed by atoms with Crippen LogP contribution in [0, 0.1) is 5.92 Å². The van der Waals surface area contributed by atoms with Crippen molar-refractivity contribution in [3.63, 3.8) is 0 Å². The van der Waals surface area contributed by atoms with Crippen molar-refractivity contribution in [1.82, 2.24) is 19.7 Å². The van der Waals surface area contributed by atoms with E-state index in [0.717, 1.165) is 31.4 Å². The molecule has 0 aliphatic heterocycles. The molecular formula is C17H25N7O2. The molecule has 0 saturated heterocycles. The van der Waals surface area contributed by atoms with E-state index in [2.05, 4.69) is 25.7 Å². The summed E-state index contributed by atoms with van der Waals surface area (Å²) in [6.07, 6.45) is 10.5. The zero-order chi connectivity index (χ0) is 18.5. The van der Waals surface area contributed by atoms with Gasteiger partial charge in [0.15, 0.2) is 0 Å². The van der Waals surface area contributed by atoms with E-state index >= 15 is 0 Å². The number of primary amides is 1. The zero-order valence-electron chi connectivity index (χ0n) is 14.9. The summed E-state index contributed by atoms with van der Waals surface area (Å²) in [4.78, 5) is 20.3. The number of nitrogens with zero attached hydrogens (tertiary/aromatic N) is 4. The SMILES string of the molecule is Cn1cc(Nc2ncc(C(N)=O)c(N[C@H](CO)C3CCCCC3)n2)cn1. The average Bonchev–Trinajstić information content (AvgIpc) is 3.05. The first-order chi connectivity index (χ1) is 12.6. The van der Waals surface area contributed by atoms with Crippen LogP contribution in [-0.2, 0) is 7.05 Å². The van der Waals surface area contributed by atoms with Crippen molar-refractivity contribution in [2.24, 2.45) is 18.7 Å². The summed E-state index contributed by atoms with van der Waals surface area (Å²) in [5, 5.41) is 20.2. The average molecular weight is 359 g/mol. The fourth-order valence-electron chi connectivity index (χ4n) is 3.37. The van der Waals surface area contributed by atoms with E-state index in [9.17, 15) is 9.90 Å². The van der Waals surface area contributed by atoms with Gasteiger partial charge in [0.2, 0.25) is 5.95 Å². The lowest BCUT2D eigenvalue weighted by atomic mass is 9.84. The lowest BCUT2D eigenvalue weighted by Crippen LogP contribution is -2.35. The van der Waals surface area contributed by atoms with Gasteiger partial charge in [0.05, 0.1) is 30.1 Å². The number of aromatic nitrogens is 4. The molecule has 2 aromatic rings. The Morgan fingerprint density at radius 3 is 2.77 bits per heavy atom. The van der Waals surface area contributed by atoms with Gasteiger partial charge >= 0.3 is 0 Å². The Hall–Kier alpha value is -2.68. The minimum Gasteiger partial charge on any atom is -0.394 e. The molecule has 2 heterocycles. The van der Waals surface area contributed by atoms with Crippen LogP contribution in [0.25, 0.3) is 0 Å². The molecule has 0 unspecified atom stereocenters. The zero-order valence-corrected chi connectivity index (χ0v) is 14.9. The van der Waals surface area contributed by atoms with Crippen molar-refractivity contribution in [2.75, 3.05) is 17.2 Å². The number of nitrogens with two attached hydrogens (primary N) is 1. The van der Waals surface area contributed by atoms with Crippen molar-refractivity contribution in [3.8, 4) is 0 Å². The van der Waals surface area contributed by atoms with Gasteiger partial charge in [0.25, 0.3) is 5.91 Å². The largest absolute Gasteiger partial charge is 0.394 e. The summed E-state index contributed by atoms with van der Waals surface area (Å²) >= 11 is 0. The second-order valence-electron chi connectivity index (χ2n) is 6.68. The van der Waals surface area contributed by atoms with E-state index < -0.39 is 5.91 Å². The van der Waals surface area contributed by atoms with Gasteiger partial charge < -0.3 is 21.5 Å². The molecule has 3 rings (SSSR count). The summed E-state index contributed by atoms with van der Waals surface area (Å²) in [5.41, 5.74) is 6.40. The highest BCUT2D eigenvalue weighted by molar-refractivity contribution is 5.97. The van der Waals surface area contributed by atoms with Gasteiger partial charge in [-0.15, -0.1) is 0 Å². The highest BCUT2D eigenvalue weighted by atomic mass is 16.3. The van der Waals surface area contributed by atoms with E-state index in [1.165, 1.54) is 12.6 Å². The van der Waals surface area contributed by atoms with Crippen LogP contribution in [0.2, 0.25) is 0 Å². The van der Waals surface area contributed by atoms with Crippen molar-refractivity contribution in [3.05, 3.63) is 24.2 Å². The van der Waals surface area contributed by atoms with Gasteiger partial charge in [-0.3, -0.25) is 9.48 Å². The maximum atomic E-state index is 11.7. The number of anilines is 3. The van der Waals surface area contributed by atoms with Crippen LogP contribution in [0.1, 0.15) is 42.5 Å². The Bertz CT molecular complexity index is 755. The van der Waals surface area contributed by atoms with E-state index in [1.54, 1.807) is 17.1 Å². The highest BCUT2D eigenvalue weighted by Gasteiger charge is 2.25. The third-order valence-corrected chi connectivity index (χ3v) is 4.75. The summed E-state index contributed by atoms with van der Waals surface area (Å²) in [5.74, 6) is 0.397. The molecule has 9 heteroatoms. The first-order valence-electron chi connectivity index (χ1n) is 8.86. The van der Waals surface area contributed by atoms with E-state index in [-0.39, 0.29) is 18.2 Å². The predicted molar refractivity (Wildman–Crippen MR) is 98.1 cm³/mol. The maximum absolute atomic E-state index is 11.7. The third-order valence-electron chi connectivity index (χ3n) is 4.75. The van der Waals surface area contributed by atoms with Gasteiger partial charge in [0.1, 0.15) is 5.82 Å². The van der Waals surface area contributed by atoms with Crippen molar-refractivity contribution < 1.29 is 9.90 Å². The maximum Gasteiger partial charge on any atom is 0.254 e. The molecule has 0 aromatic carbocycles. The van der Waals surface area contributed by atoms with Crippen LogP contribution in [0.5, 0.6) is 0 Å². The minimum absolute atomic E-state index is 0.0295. The molecule has 2 aromatic heterocycles. The number of carbonyl (C=O) groups excluding carboxylic acids is 1. The van der Waals surface area contributed by atoms with Gasteiger partial charge in [-0.05, 0) is 18.8 Å². The molecule has 5 N–H and O–H groups in total. The number of aliphatic hydroxyl groups is 1. The van der Waals surface area contributed by atoms with Gasteiger partial charge in [-0.1, -0.05) is 19.3 Å². The van der Waals surface area contributed by atoms with Crippen LogP contribution < -0.4 is 16.4 Å². The van der Waals surface area contributed by atoms with Crippen LogP contribution in [0.15, 0.2) is 18.6 Å². The van der Waals surface area contributed by atoms with E-state index in [0.29, 0.717) is 17.7 Å². The summed E-state index contributed by atoms with van der Waals surface area (Å²) in [6.45, 7) is -0.0295. The second kappa shape index (κ2) is 8.13. The normalized spacial score (nSPS) is 16.2. The number of aryl methyl sites for hydroxylation is 1. The summed E-state index contributed by atoms with van der Waals surface area (Å²) < 4.78 is 1.66. The Balaban J connectivity index is 1.82. The fraction of sp³-hybridized carbons (Fsp3) is 0.529. The lowest BCUT2D eigenvalue weighted by molar-refractivity contribution is 0.1000. The first-order valence-corrected chi connectivity index (χ1v) is 8.86. The first kappa shape index (κ1) is 18.1. The van der Waals surface area contributed by atoms with Gasteiger partial charge in [-0.25, -0.2) is 4.98 Å². The van der Waals surface area contributed by atoms with E-state index in [1.807, 2.05) is 7.05 Å². The number of nitrogens with one attached hydrogen (secondary N) is 2. The molecule has 1 amide bonds. The van der Waals surface area contributed by atoms with Crippen LogP contribution in [0.3, 0.4) is 0 Å². The Morgan fingerprint density at radius 2 is 2.15 bits per heavy atom. The second-order valence-corrected chi connectivity index (χ2v) is 6.68. The fourth-order valence-corrected chi connectivity index (χ4v) is 3.37. The Kier molecular flexibility index (Phi) is 5.67. The predicted octanol–water partition coefficient (Wildman–Crippen LogP) is 1.41. The lowest BCUT2D eigenvalue weighted by Gasteiger charge is -2.30. The number of amides is 1. The number of carbonyl (C=O) groups is 1. The molecule has 1 fully saturated rings. The van der Waals surface area contributed by atoms with Crippen LogP contribution in [-0.4, -0.2) is 43.4 Å². The number of hydrogen-bond donors (Lipinski definition) is 4. The molecule has 1 aliphatic carbocycles. The quantitative estimate of drug-likeness (QED) is 0.588. The molecule has 140 valence electrons. The monoisotopic (exact) mass is 359 g/mol. The van der Waals surface area contributed by atoms with Gasteiger partial charge in [-0.2, -0.15) is 10.1 Å². The Morgan fingerprint density at radius 1 is 1.38 bits per heavy atom. The number of hydrogen-bond acceptors (Lipinski definition) is 7. The highest BCUT2D eigenvalue weighted by Crippen LogP contribution is 2.28. The molecule has 26 heavy (non-hydrogen) atoms. The van der Waals surface area contributed by atoms with Crippen LogP contribution in [0.4, 0.5) is 17.5 Å². The third kappa shape index (κ3) is 4.29. The summed E-state index contributed by atoms with van der Waals surface area (Å²) in [6, 6.07) is -0.172.